The third kappa shape index (κ3) is 5.92. The van der Waals surface area contributed by atoms with E-state index in [0.29, 0.717) is 9.76 Å². The lowest BCUT2D eigenvalue weighted by molar-refractivity contribution is 0.389. The van der Waals surface area contributed by atoms with Crippen LogP contribution in [0.3, 0.4) is 0 Å². The molecule has 0 heterocycles. The Morgan fingerprint density at radius 1 is 1.71 bits per heavy atom. The fraction of sp³-hybridized carbons (Fsp3) is 0.600. The second-order valence-corrected chi connectivity index (χ2v) is 1.78. The van der Waals surface area contributed by atoms with Crippen molar-refractivity contribution in [2.45, 2.75) is 13.5 Å². The van der Waals surface area contributed by atoms with Gasteiger partial charge in [-0.25, -0.2) is 0 Å². The van der Waals surface area contributed by atoms with Gasteiger partial charge in [-0.15, -0.1) is 0 Å². The third-order valence-electron chi connectivity index (χ3n) is 0.560. The topological polar surface area (TPSA) is 9.23 Å². The number of hydrogen-bond acceptors (Lipinski definition) is 1. The van der Waals surface area contributed by atoms with Gasteiger partial charge < -0.3 is 4.43 Å². The molecule has 2 radical (unpaired) electrons. The standard InChI is InChI=1S/C5H10OSi/c1-3-4-5-6-7-2/h3-4H,5H2,1-2H3/b4-3+. The monoisotopic (exact) mass is 114 g/mol. The molecule has 0 spiro atoms. The molecule has 0 unspecified atom stereocenters. The third-order valence-corrected chi connectivity index (χ3v) is 1.01. The minimum Gasteiger partial charge on any atom is -0.414 e. The first-order valence-electron chi connectivity index (χ1n) is 2.31. The van der Waals surface area contributed by atoms with Crippen LogP contribution in [0.1, 0.15) is 6.92 Å². The van der Waals surface area contributed by atoms with Gasteiger partial charge in [-0.1, -0.05) is 12.2 Å². The van der Waals surface area contributed by atoms with E-state index in [0.717, 1.165) is 6.61 Å². The number of rotatable bonds is 3. The molecule has 0 saturated carbocycles. The first-order valence-corrected chi connectivity index (χ1v) is 3.72. The molecule has 0 aromatic rings. The molecule has 0 bridgehead atoms. The highest BCUT2D eigenvalue weighted by atomic mass is 28.2. The van der Waals surface area contributed by atoms with Crippen LogP contribution in [0.4, 0.5) is 0 Å². The van der Waals surface area contributed by atoms with Crippen molar-refractivity contribution in [1.29, 1.82) is 0 Å². The molecule has 0 rings (SSSR count). The molecular formula is C5H10OSi. The van der Waals surface area contributed by atoms with E-state index in [4.69, 9.17) is 4.43 Å². The molecule has 0 saturated heterocycles. The Kier molecular flexibility index (Phi) is 5.85. The quantitative estimate of drug-likeness (QED) is 0.305. The van der Waals surface area contributed by atoms with Gasteiger partial charge in [-0.2, -0.15) is 0 Å². The van der Waals surface area contributed by atoms with Crippen LogP contribution < -0.4 is 0 Å². The Balaban J connectivity index is 2.69. The van der Waals surface area contributed by atoms with Gasteiger partial charge in [0.1, 0.15) is 0 Å². The SMILES string of the molecule is C/C=C/CO[Si]C. The Morgan fingerprint density at radius 2 is 2.43 bits per heavy atom. The second-order valence-electron chi connectivity index (χ2n) is 1.08. The fourth-order valence-corrected chi connectivity index (χ4v) is 0.491. The lowest BCUT2D eigenvalue weighted by Crippen LogP contribution is -1.90. The number of hydrogen-bond donors (Lipinski definition) is 0. The summed E-state index contributed by atoms with van der Waals surface area (Å²) in [6.07, 6.45) is 3.98. The van der Waals surface area contributed by atoms with Gasteiger partial charge in [0.25, 0.3) is 0 Å². The summed E-state index contributed by atoms with van der Waals surface area (Å²) >= 11 is 0. The smallest absolute Gasteiger partial charge is 0.226 e. The van der Waals surface area contributed by atoms with E-state index in [9.17, 15) is 0 Å². The van der Waals surface area contributed by atoms with Gasteiger partial charge >= 0.3 is 0 Å². The molecule has 0 aliphatic rings. The molecule has 0 N–H and O–H groups in total. The van der Waals surface area contributed by atoms with Crippen LogP contribution in [0.25, 0.3) is 0 Å². The van der Waals surface area contributed by atoms with Crippen LogP contribution >= 0.6 is 0 Å². The van der Waals surface area contributed by atoms with Crippen LogP contribution in [0.15, 0.2) is 12.2 Å². The van der Waals surface area contributed by atoms with Gasteiger partial charge in [-0.3, -0.25) is 0 Å². The van der Waals surface area contributed by atoms with E-state index >= 15 is 0 Å². The van der Waals surface area contributed by atoms with E-state index in [1.807, 2.05) is 25.6 Å². The molecule has 0 amide bonds. The normalized spacial score (nSPS) is 10.6. The molecule has 0 aliphatic carbocycles. The predicted octanol–water partition coefficient (Wildman–Crippen LogP) is 1.25. The Morgan fingerprint density at radius 3 is 2.86 bits per heavy atom. The summed E-state index contributed by atoms with van der Waals surface area (Å²) in [4.78, 5) is 0. The first-order chi connectivity index (χ1) is 3.41. The molecule has 7 heavy (non-hydrogen) atoms. The summed E-state index contributed by atoms with van der Waals surface area (Å²) in [5, 5.41) is 0. The lowest BCUT2D eigenvalue weighted by Gasteiger charge is -1.88. The fourth-order valence-electron chi connectivity index (χ4n) is 0.228. The van der Waals surface area contributed by atoms with Crippen molar-refractivity contribution in [3.8, 4) is 0 Å². The zero-order valence-corrected chi connectivity index (χ0v) is 5.77. The minimum absolute atomic E-state index is 0.616. The lowest BCUT2D eigenvalue weighted by atomic mass is 10.6. The van der Waals surface area contributed by atoms with Crippen LogP contribution in [-0.2, 0) is 4.43 Å². The maximum atomic E-state index is 5.01. The summed E-state index contributed by atoms with van der Waals surface area (Å²) in [5.41, 5.74) is 0. The summed E-state index contributed by atoms with van der Waals surface area (Å²) in [6, 6.07) is 0. The molecule has 0 aromatic carbocycles. The second kappa shape index (κ2) is 5.92. The van der Waals surface area contributed by atoms with E-state index in [1.54, 1.807) is 0 Å². The highest BCUT2D eigenvalue weighted by Crippen LogP contribution is 1.72. The van der Waals surface area contributed by atoms with Gasteiger partial charge in [-0.05, 0) is 13.5 Å². The number of allylic oxidation sites excluding steroid dienone is 1. The van der Waals surface area contributed by atoms with Crippen LogP contribution in [0, 0.1) is 0 Å². The van der Waals surface area contributed by atoms with Crippen molar-refractivity contribution < 1.29 is 4.43 Å². The van der Waals surface area contributed by atoms with Crippen LogP contribution in [0.2, 0.25) is 6.55 Å². The summed E-state index contributed by atoms with van der Waals surface area (Å²) in [6.45, 7) is 4.77. The minimum atomic E-state index is 0.616. The largest absolute Gasteiger partial charge is 0.414 e. The molecule has 40 valence electrons. The average Bonchev–Trinajstić information content (AvgIpc) is 1.69. The van der Waals surface area contributed by atoms with Crippen molar-refractivity contribution in [2.24, 2.45) is 0 Å². The van der Waals surface area contributed by atoms with E-state index in [-0.39, 0.29) is 0 Å². The zero-order valence-electron chi connectivity index (χ0n) is 4.77. The van der Waals surface area contributed by atoms with E-state index < -0.39 is 0 Å². The summed E-state index contributed by atoms with van der Waals surface area (Å²) < 4.78 is 5.01. The maximum absolute atomic E-state index is 5.01. The van der Waals surface area contributed by atoms with Crippen molar-refractivity contribution in [3.05, 3.63) is 12.2 Å². The summed E-state index contributed by atoms with van der Waals surface area (Å²) in [7, 11) is 0.616. The van der Waals surface area contributed by atoms with Crippen molar-refractivity contribution in [3.63, 3.8) is 0 Å². The highest BCUT2D eigenvalue weighted by Gasteiger charge is 1.72. The van der Waals surface area contributed by atoms with Crippen molar-refractivity contribution in [1.82, 2.24) is 0 Å². The average molecular weight is 114 g/mol. The summed E-state index contributed by atoms with van der Waals surface area (Å²) in [5.74, 6) is 0. The van der Waals surface area contributed by atoms with Gasteiger partial charge in [0.05, 0.1) is 6.61 Å². The van der Waals surface area contributed by atoms with Crippen LogP contribution in [0.5, 0.6) is 0 Å². The van der Waals surface area contributed by atoms with E-state index in [2.05, 4.69) is 0 Å². The zero-order chi connectivity index (χ0) is 5.54. The van der Waals surface area contributed by atoms with E-state index in [1.165, 1.54) is 0 Å². The first kappa shape index (κ1) is 6.92. The van der Waals surface area contributed by atoms with Gasteiger partial charge in [0.2, 0.25) is 9.76 Å². The maximum Gasteiger partial charge on any atom is 0.226 e. The molecular weight excluding hydrogens is 104 g/mol. The van der Waals surface area contributed by atoms with Crippen LogP contribution in [-0.4, -0.2) is 16.4 Å². The highest BCUT2D eigenvalue weighted by molar-refractivity contribution is 6.24. The molecule has 2 heteroatoms. The Labute approximate surface area is 47.3 Å². The molecule has 0 fully saturated rings. The van der Waals surface area contributed by atoms with Gasteiger partial charge in [0.15, 0.2) is 0 Å². The molecule has 0 atom stereocenters. The van der Waals surface area contributed by atoms with Crippen molar-refractivity contribution in [2.75, 3.05) is 6.61 Å². The van der Waals surface area contributed by atoms with Gasteiger partial charge in [0, 0.05) is 0 Å². The molecule has 1 nitrogen and oxygen atoms in total. The molecule has 0 aromatic heterocycles. The Bertz CT molecular complexity index is 52.0. The van der Waals surface area contributed by atoms with Crippen molar-refractivity contribution >= 4 is 9.76 Å². The molecule has 0 aliphatic heterocycles. The Hall–Kier alpha value is -0.0831. The predicted molar refractivity (Wildman–Crippen MR) is 32.4 cm³/mol.